The number of carbonyl (C=O) groups excluding carboxylic acids is 1. The topological polar surface area (TPSA) is 32.8 Å². The number of amides is 1. The number of benzene rings is 2. The standard InChI is InChI=1S/C20H24N2O2/c1-2-21-12-14-22(15-13-21)20(23)16-17-8-10-19(11-9-17)24-18-6-4-3-5-7-18/h3-11H,2,12-16H2,1H3. The summed E-state index contributed by atoms with van der Waals surface area (Å²) >= 11 is 0. The van der Waals surface area contributed by atoms with Crippen molar-refractivity contribution in [3.8, 4) is 11.5 Å². The molecular weight excluding hydrogens is 300 g/mol. The molecule has 1 saturated heterocycles. The highest BCUT2D eigenvalue weighted by atomic mass is 16.5. The zero-order chi connectivity index (χ0) is 16.8. The summed E-state index contributed by atoms with van der Waals surface area (Å²) in [6.45, 7) is 6.85. The van der Waals surface area contributed by atoms with Crippen LogP contribution in [0.5, 0.6) is 11.5 Å². The molecule has 0 aliphatic carbocycles. The first-order chi connectivity index (χ1) is 11.7. The molecule has 1 heterocycles. The number of hydrogen-bond acceptors (Lipinski definition) is 3. The van der Waals surface area contributed by atoms with Gasteiger partial charge in [0, 0.05) is 26.2 Å². The number of likely N-dealkylation sites (N-methyl/N-ethyl adjacent to an activating group) is 1. The van der Waals surface area contributed by atoms with Gasteiger partial charge in [0.1, 0.15) is 11.5 Å². The van der Waals surface area contributed by atoms with Gasteiger partial charge in [0.15, 0.2) is 0 Å². The van der Waals surface area contributed by atoms with Crippen molar-refractivity contribution in [2.75, 3.05) is 32.7 Å². The van der Waals surface area contributed by atoms with Crippen LogP contribution in [0, 0.1) is 0 Å². The Kier molecular flexibility index (Phi) is 5.49. The van der Waals surface area contributed by atoms with E-state index in [0.717, 1.165) is 49.8 Å². The molecule has 0 radical (unpaired) electrons. The fraction of sp³-hybridized carbons (Fsp3) is 0.350. The van der Waals surface area contributed by atoms with E-state index in [2.05, 4.69) is 11.8 Å². The number of hydrogen-bond donors (Lipinski definition) is 0. The van der Waals surface area contributed by atoms with Gasteiger partial charge in [0.25, 0.3) is 0 Å². The molecule has 2 aromatic carbocycles. The van der Waals surface area contributed by atoms with Crippen LogP contribution in [0.4, 0.5) is 0 Å². The Morgan fingerprint density at radius 3 is 2.17 bits per heavy atom. The lowest BCUT2D eigenvalue weighted by Crippen LogP contribution is -2.48. The zero-order valence-electron chi connectivity index (χ0n) is 14.1. The molecule has 1 fully saturated rings. The molecule has 126 valence electrons. The van der Waals surface area contributed by atoms with Gasteiger partial charge < -0.3 is 14.5 Å². The molecule has 1 aliphatic heterocycles. The third-order valence-corrected chi connectivity index (χ3v) is 4.43. The van der Waals surface area contributed by atoms with Gasteiger partial charge >= 0.3 is 0 Å². The molecule has 1 aliphatic rings. The van der Waals surface area contributed by atoms with Crippen LogP contribution in [-0.2, 0) is 11.2 Å². The Morgan fingerprint density at radius 2 is 1.54 bits per heavy atom. The zero-order valence-corrected chi connectivity index (χ0v) is 14.1. The number of nitrogens with zero attached hydrogens (tertiary/aromatic N) is 2. The first-order valence-electron chi connectivity index (χ1n) is 8.56. The molecule has 4 nitrogen and oxygen atoms in total. The summed E-state index contributed by atoms with van der Waals surface area (Å²) in [5, 5.41) is 0. The number of para-hydroxylation sites is 1. The quantitative estimate of drug-likeness (QED) is 0.847. The van der Waals surface area contributed by atoms with Crippen molar-refractivity contribution in [1.82, 2.24) is 9.80 Å². The summed E-state index contributed by atoms with van der Waals surface area (Å²) in [7, 11) is 0. The monoisotopic (exact) mass is 324 g/mol. The van der Waals surface area contributed by atoms with Gasteiger partial charge in [-0.2, -0.15) is 0 Å². The fourth-order valence-corrected chi connectivity index (χ4v) is 2.90. The highest BCUT2D eigenvalue weighted by Gasteiger charge is 2.20. The minimum absolute atomic E-state index is 0.211. The highest BCUT2D eigenvalue weighted by molar-refractivity contribution is 5.79. The third kappa shape index (κ3) is 4.36. The van der Waals surface area contributed by atoms with Gasteiger partial charge in [-0.1, -0.05) is 37.3 Å². The predicted octanol–water partition coefficient (Wildman–Crippen LogP) is 3.19. The van der Waals surface area contributed by atoms with Gasteiger partial charge in [-0.25, -0.2) is 0 Å². The van der Waals surface area contributed by atoms with Crippen molar-refractivity contribution in [2.24, 2.45) is 0 Å². The molecule has 0 aromatic heterocycles. The Bertz CT molecular complexity index is 647. The van der Waals surface area contributed by atoms with E-state index in [4.69, 9.17) is 4.74 Å². The second kappa shape index (κ2) is 7.97. The van der Waals surface area contributed by atoms with Gasteiger partial charge in [0.05, 0.1) is 6.42 Å². The van der Waals surface area contributed by atoms with Crippen molar-refractivity contribution in [1.29, 1.82) is 0 Å². The van der Waals surface area contributed by atoms with Crippen LogP contribution in [0.25, 0.3) is 0 Å². The van der Waals surface area contributed by atoms with Crippen molar-refractivity contribution in [3.05, 3.63) is 60.2 Å². The lowest BCUT2D eigenvalue weighted by atomic mass is 10.1. The summed E-state index contributed by atoms with van der Waals surface area (Å²) in [5.41, 5.74) is 1.03. The largest absolute Gasteiger partial charge is 0.457 e. The first kappa shape index (κ1) is 16.5. The molecule has 0 bridgehead atoms. The molecule has 2 aromatic rings. The molecule has 4 heteroatoms. The average Bonchev–Trinajstić information content (AvgIpc) is 2.64. The number of piperazine rings is 1. The predicted molar refractivity (Wildman–Crippen MR) is 95.4 cm³/mol. The molecular formula is C20H24N2O2. The summed E-state index contributed by atoms with van der Waals surface area (Å²) < 4.78 is 5.78. The van der Waals surface area contributed by atoms with E-state index < -0.39 is 0 Å². The fourth-order valence-electron chi connectivity index (χ4n) is 2.90. The minimum atomic E-state index is 0.211. The van der Waals surface area contributed by atoms with Gasteiger partial charge in [-0.3, -0.25) is 4.79 Å². The van der Waals surface area contributed by atoms with Crippen molar-refractivity contribution in [2.45, 2.75) is 13.3 Å². The van der Waals surface area contributed by atoms with Crippen molar-refractivity contribution >= 4 is 5.91 Å². The van der Waals surface area contributed by atoms with Crippen LogP contribution in [-0.4, -0.2) is 48.4 Å². The van der Waals surface area contributed by atoms with Gasteiger partial charge in [-0.05, 0) is 36.4 Å². The van der Waals surface area contributed by atoms with Crippen molar-refractivity contribution in [3.63, 3.8) is 0 Å². The molecule has 3 rings (SSSR count). The second-order valence-electron chi connectivity index (χ2n) is 6.05. The van der Waals surface area contributed by atoms with Crippen LogP contribution in [0.1, 0.15) is 12.5 Å². The number of rotatable bonds is 5. The SMILES string of the molecule is CCN1CCN(C(=O)Cc2ccc(Oc3ccccc3)cc2)CC1. The maximum Gasteiger partial charge on any atom is 0.227 e. The number of ether oxygens (including phenoxy) is 1. The lowest BCUT2D eigenvalue weighted by molar-refractivity contribution is -0.132. The Labute approximate surface area is 143 Å². The molecule has 0 unspecified atom stereocenters. The molecule has 0 saturated carbocycles. The average molecular weight is 324 g/mol. The Morgan fingerprint density at radius 1 is 0.917 bits per heavy atom. The Balaban J connectivity index is 1.53. The van der Waals surface area contributed by atoms with Crippen LogP contribution >= 0.6 is 0 Å². The summed E-state index contributed by atoms with van der Waals surface area (Å²) in [4.78, 5) is 16.8. The van der Waals surface area contributed by atoms with E-state index >= 15 is 0 Å². The van der Waals surface area contributed by atoms with Crippen LogP contribution in [0.2, 0.25) is 0 Å². The van der Waals surface area contributed by atoms with E-state index in [9.17, 15) is 4.79 Å². The summed E-state index contributed by atoms with van der Waals surface area (Å²) in [6, 6.07) is 17.5. The van der Waals surface area contributed by atoms with Crippen LogP contribution in [0.3, 0.4) is 0 Å². The van der Waals surface area contributed by atoms with Crippen LogP contribution in [0.15, 0.2) is 54.6 Å². The maximum atomic E-state index is 12.4. The Hall–Kier alpha value is -2.33. The van der Waals surface area contributed by atoms with E-state index in [1.54, 1.807) is 0 Å². The van der Waals surface area contributed by atoms with Crippen LogP contribution < -0.4 is 4.74 Å². The molecule has 24 heavy (non-hydrogen) atoms. The molecule has 0 atom stereocenters. The van der Waals surface area contributed by atoms with E-state index in [-0.39, 0.29) is 5.91 Å². The summed E-state index contributed by atoms with van der Waals surface area (Å²) in [5.74, 6) is 1.81. The third-order valence-electron chi connectivity index (χ3n) is 4.43. The second-order valence-corrected chi connectivity index (χ2v) is 6.05. The highest BCUT2D eigenvalue weighted by Crippen LogP contribution is 2.21. The lowest BCUT2D eigenvalue weighted by Gasteiger charge is -2.34. The first-order valence-corrected chi connectivity index (χ1v) is 8.56. The number of carbonyl (C=O) groups is 1. The molecule has 0 N–H and O–H groups in total. The molecule has 1 amide bonds. The smallest absolute Gasteiger partial charge is 0.227 e. The van der Waals surface area contributed by atoms with Crippen molar-refractivity contribution < 1.29 is 9.53 Å². The van der Waals surface area contributed by atoms with E-state index in [0.29, 0.717) is 6.42 Å². The van der Waals surface area contributed by atoms with E-state index in [1.165, 1.54) is 0 Å². The van der Waals surface area contributed by atoms with E-state index in [1.807, 2.05) is 59.5 Å². The molecule has 0 spiro atoms. The maximum absolute atomic E-state index is 12.4. The normalized spacial score (nSPS) is 15.3. The van der Waals surface area contributed by atoms with Gasteiger partial charge in [0.2, 0.25) is 5.91 Å². The minimum Gasteiger partial charge on any atom is -0.457 e. The van der Waals surface area contributed by atoms with Gasteiger partial charge in [-0.15, -0.1) is 0 Å². The summed E-state index contributed by atoms with van der Waals surface area (Å²) in [6.07, 6.45) is 0.456.